The van der Waals surface area contributed by atoms with Gasteiger partial charge in [-0.3, -0.25) is 0 Å². The Balaban J connectivity index is 1.95. The summed E-state index contributed by atoms with van der Waals surface area (Å²) in [6.45, 7) is 9.44. The first-order valence-corrected chi connectivity index (χ1v) is 7.15. The van der Waals surface area contributed by atoms with E-state index < -0.39 is 0 Å². The molecule has 0 saturated heterocycles. The number of nitrogens with one attached hydrogen (secondary N) is 1. The van der Waals surface area contributed by atoms with Gasteiger partial charge >= 0.3 is 0 Å². The molecule has 0 amide bonds. The van der Waals surface area contributed by atoms with Crippen molar-refractivity contribution < 1.29 is 0 Å². The molecule has 90 valence electrons. The Morgan fingerprint density at radius 2 is 2.19 bits per heavy atom. The van der Waals surface area contributed by atoms with Crippen molar-refractivity contribution in [1.29, 1.82) is 0 Å². The van der Waals surface area contributed by atoms with Gasteiger partial charge in [0.05, 0.1) is 0 Å². The molecule has 2 heteroatoms. The van der Waals surface area contributed by atoms with E-state index >= 15 is 0 Å². The van der Waals surface area contributed by atoms with Gasteiger partial charge in [0.25, 0.3) is 0 Å². The highest BCUT2D eigenvalue weighted by atomic mass is 32.1. The molecular formula is C14H23NS. The molecule has 1 aliphatic carbocycles. The van der Waals surface area contributed by atoms with Crippen LogP contribution in [0.4, 0.5) is 0 Å². The van der Waals surface area contributed by atoms with Crippen LogP contribution in [0.2, 0.25) is 0 Å². The van der Waals surface area contributed by atoms with Crippen molar-refractivity contribution in [3.05, 3.63) is 22.4 Å². The average Bonchev–Trinajstić information content (AvgIpc) is 2.74. The Bertz CT molecular complexity index is 329. The Morgan fingerprint density at radius 3 is 2.69 bits per heavy atom. The van der Waals surface area contributed by atoms with Crippen molar-refractivity contribution in [2.45, 2.75) is 52.6 Å². The van der Waals surface area contributed by atoms with Crippen LogP contribution in [0.1, 0.15) is 51.5 Å². The van der Waals surface area contributed by atoms with Crippen LogP contribution in [0, 0.1) is 11.3 Å². The molecule has 0 bridgehead atoms. The van der Waals surface area contributed by atoms with E-state index in [1.807, 2.05) is 11.3 Å². The molecule has 1 nitrogen and oxygen atoms in total. The van der Waals surface area contributed by atoms with E-state index in [1.165, 1.54) is 17.7 Å². The molecule has 1 fully saturated rings. The smallest absolute Gasteiger partial charge is 0.0388 e. The van der Waals surface area contributed by atoms with E-state index in [9.17, 15) is 0 Å². The van der Waals surface area contributed by atoms with Crippen LogP contribution in [-0.4, -0.2) is 6.04 Å². The first-order valence-electron chi connectivity index (χ1n) is 6.27. The summed E-state index contributed by atoms with van der Waals surface area (Å²) in [6.07, 6.45) is 2.66. The molecule has 1 heterocycles. The van der Waals surface area contributed by atoms with Crippen molar-refractivity contribution in [3.63, 3.8) is 0 Å². The van der Waals surface area contributed by atoms with Crippen LogP contribution in [-0.2, 0) is 0 Å². The minimum absolute atomic E-state index is 0.501. The summed E-state index contributed by atoms with van der Waals surface area (Å²) >= 11 is 1.85. The second-order valence-corrected chi connectivity index (χ2v) is 7.04. The summed E-state index contributed by atoms with van der Waals surface area (Å²) in [5, 5.41) is 5.96. The van der Waals surface area contributed by atoms with Crippen molar-refractivity contribution in [2.24, 2.45) is 11.3 Å². The van der Waals surface area contributed by atoms with E-state index in [0.29, 0.717) is 17.5 Å². The molecule has 1 aromatic rings. The van der Waals surface area contributed by atoms with Gasteiger partial charge in [0.2, 0.25) is 0 Å². The van der Waals surface area contributed by atoms with Crippen molar-refractivity contribution in [1.82, 2.24) is 5.32 Å². The summed E-state index contributed by atoms with van der Waals surface area (Å²) in [4.78, 5) is 1.46. The lowest BCUT2D eigenvalue weighted by Crippen LogP contribution is -2.33. The van der Waals surface area contributed by atoms with Crippen LogP contribution in [0.15, 0.2) is 17.5 Å². The molecule has 0 aromatic carbocycles. The fourth-order valence-electron chi connectivity index (χ4n) is 3.06. The zero-order valence-corrected chi connectivity index (χ0v) is 11.6. The molecule has 16 heavy (non-hydrogen) atoms. The minimum Gasteiger partial charge on any atom is -0.306 e. The maximum atomic E-state index is 3.80. The summed E-state index contributed by atoms with van der Waals surface area (Å²) in [5.41, 5.74) is 0.520. The highest BCUT2D eigenvalue weighted by Gasteiger charge is 2.37. The van der Waals surface area contributed by atoms with Gasteiger partial charge in [0.1, 0.15) is 0 Å². The van der Waals surface area contributed by atoms with Crippen LogP contribution in [0.5, 0.6) is 0 Å². The topological polar surface area (TPSA) is 12.0 Å². The van der Waals surface area contributed by atoms with Crippen LogP contribution >= 0.6 is 11.3 Å². The molecule has 0 aliphatic heterocycles. The molecule has 2 unspecified atom stereocenters. The van der Waals surface area contributed by atoms with E-state index in [4.69, 9.17) is 0 Å². The number of hydrogen-bond acceptors (Lipinski definition) is 2. The fraction of sp³-hybridized carbons (Fsp3) is 0.714. The average molecular weight is 237 g/mol. The maximum Gasteiger partial charge on any atom is 0.0388 e. The van der Waals surface area contributed by atoms with Gasteiger partial charge < -0.3 is 5.32 Å². The highest BCUT2D eigenvalue weighted by Crippen LogP contribution is 2.41. The third-order valence-electron chi connectivity index (χ3n) is 3.77. The molecule has 3 atom stereocenters. The number of rotatable bonds is 3. The first kappa shape index (κ1) is 12.1. The lowest BCUT2D eigenvalue weighted by atomic mass is 9.91. The van der Waals surface area contributed by atoms with Gasteiger partial charge in [-0.1, -0.05) is 26.8 Å². The molecule has 1 aromatic heterocycles. The second kappa shape index (κ2) is 4.50. The molecule has 0 spiro atoms. The SMILES string of the molecule is CC1CC(C)(C)CC1N[C@H](C)c1cccs1. The van der Waals surface area contributed by atoms with E-state index in [1.54, 1.807) is 0 Å². The summed E-state index contributed by atoms with van der Waals surface area (Å²) in [6, 6.07) is 5.56. The van der Waals surface area contributed by atoms with Gasteiger partial charge in [0.15, 0.2) is 0 Å². The molecule has 1 aliphatic rings. The lowest BCUT2D eigenvalue weighted by Gasteiger charge is -2.22. The number of hydrogen-bond donors (Lipinski definition) is 1. The molecule has 0 radical (unpaired) electrons. The molecule has 1 saturated carbocycles. The van der Waals surface area contributed by atoms with E-state index in [0.717, 1.165) is 5.92 Å². The normalized spacial score (nSPS) is 30.5. The minimum atomic E-state index is 0.501. The Morgan fingerprint density at radius 1 is 1.44 bits per heavy atom. The summed E-state index contributed by atoms with van der Waals surface area (Å²) in [5.74, 6) is 0.803. The van der Waals surface area contributed by atoms with Gasteiger partial charge in [0, 0.05) is 17.0 Å². The van der Waals surface area contributed by atoms with Gasteiger partial charge in [-0.25, -0.2) is 0 Å². The van der Waals surface area contributed by atoms with Gasteiger partial charge in [-0.15, -0.1) is 11.3 Å². The number of thiophene rings is 1. The largest absolute Gasteiger partial charge is 0.306 e. The molecule has 2 rings (SSSR count). The summed E-state index contributed by atoms with van der Waals surface area (Å²) < 4.78 is 0. The lowest BCUT2D eigenvalue weighted by molar-refractivity contribution is 0.357. The van der Waals surface area contributed by atoms with E-state index in [-0.39, 0.29) is 0 Å². The second-order valence-electron chi connectivity index (χ2n) is 6.06. The Labute approximate surface area is 103 Å². The quantitative estimate of drug-likeness (QED) is 0.830. The predicted octanol–water partition coefficient (Wildman–Crippen LogP) is 4.22. The highest BCUT2D eigenvalue weighted by molar-refractivity contribution is 7.10. The summed E-state index contributed by atoms with van der Waals surface area (Å²) in [7, 11) is 0. The monoisotopic (exact) mass is 237 g/mol. The van der Waals surface area contributed by atoms with Crippen LogP contribution in [0.3, 0.4) is 0 Å². The Kier molecular flexibility index (Phi) is 3.41. The molecular weight excluding hydrogens is 214 g/mol. The predicted molar refractivity (Wildman–Crippen MR) is 71.8 cm³/mol. The van der Waals surface area contributed by atoms with Gasteiger partial charge in [-0.2, -0.15) is 0 Å². The van der Waals surface area contributed by atoms with Gasteiger partial charge in [-0.05, 0) is 42.5 Å². The van der Waals surface area contributed by atoms with Crippen LogP contribution < -0.4 is 5.32 Å². The fourth-order valence-corrected chi connectivity index (χ4v) is 3.80. The maximum absolute atomic E-state index is 3.80. The zero-order chi connectivity index (χ0) is 11.8. The third-order valence-corrected chi connectivity index (χ3v) is 4.82. The van der Waals surface area contributed by atoms with E-state index in [2.05, 4.69) is 50.5 Å². The zero-order valence-electron chi connectivity index (χ0n) is 10.8. The van der Waals surface area contributed by atoms with Crippen molar-refractivity contribution in [3.8, 4) is 0 Å². The standard InChI is InChI=1S/C14H23NS/c1-10-8-14(3,4)9-12(10)15-11(2)13-6-5-7-16-13/h5-7,10-12,15H,8-9H2,1-4H3/t10?,11-,12?/m1/s1. The van der Waals surface area contributed by atoms with Crippen molar-refractivity contribution >= 4 is 11.3 Å². The van der Waals surface area contributed by atoms with Crippen LogP contribution in [0.25, 0.3) is 0 Å². The third kappa shape index (κ3) is 2.67. The van der Waals surface area contributed by atoms with Crippen molar-refractivity contribution in [2.75, 3.05) is 0 Å². The first-order chi connectivity index (χ1) is 7.48. The Hall–Kier alpha value is -0.340. The molecule has 1 N–H and O–H groups in total.